The standard InChI is InChI=1S/C13H23NO/c1-10(11(2)14)13(15)12-8-6-4-3-5-7-9-12/h8,10-11H,3-7,9,14H2,1-2H3. The van der Waals surface area contributed by atoms with Crippen LogP contribution in [0.4, 0.5) is 0 Å². The lowest BCUT2D eigenvalue weighted by Gasteiger charge is -2.17. The Morgan fingerprint density at radius 3 is 2.60 bits per heavy atom. The summed E-state index contributed by atoms with van der Waals surface area (Å²) in [6, 6.07) is -0.0381. The summed E-state index contributed by atoms with van der Waals surface area (Å²) in [5.74, 6) is 0.238. The smallest absolute Gasteiger partial charge is 0.162 e. The fourth-order valence-electron chi connectivity index (χ4n) is 1.95. The molecule has 0 aromatic rings. The molecule has 0 aromatic heterocycles. The zero-order valence-corrected chi connectivity index (χ0v) is 9.96. The molecule has 0 radical (unpaired) electrons. The summed E-state index contributed by atoms with van der Waals surface area (Å²) < 4.78 is 0. The minimum absolute atomic E-state index is 0.0318. The number of ketones is 1. The van der Waals surface area contributed by atoms with E-state index in [1.165, 1.54) is 19.3 Å². The fourth-order valence-corrected chi connectivity index (χ4v) is 1.95. The predicted molar refractivity (Wildman–Crippen MR) is 63.6 cm³/mol. The van der Waals surface area contributed by atoms with Crippen molar-refractivity contribution in [2.24, 2.45) is 11.7 Å². The molecule has 2 unspecified atom stereocenters. The third kappa shape index (κ3) is 3.78. The number of hydrogen-bond acceptors (Lipinski definition) is 2. The molecule has 0 aromatic carbocycles. The van der Waals surface area contributed by atoms with Crippen LogP contribution in [0.5, 0.6) is 0 Å². The van der Waals surface area contributed by atoms with E-state index < -0.39 is 0 Å². The summed E-state index contributed by atoms with van der Waals surface area (Å²) >= 11 is 0. The highest BCUT2D eigenvalue weighted by atomic mass is 16.1. The van der Waals surface area contributed by atoms with Crippen LogP contribution in [-0.2, 0) is 4.79 Å². The van der Waals surface area contributed by atoms with Crippen molar-refractivity contribution in [3.05, 3.63) is 11.6 Å². The average Bonchev–Trinajstić information content (AvgIpc) is 2.15. The largest absolute Gasteiger partial charge is 0.327 e. The van der Waals surface area contributed by atoms with E-state index >= 15 is 0 Å². The average molecular weight is 209 g/mol. The van der Waals surface area contributed by atoms with Gasteiger partial charge in [-0.15, -0.1) is 0 Å². The number of allylic oxidation sites excluding steroid dienone is 2. The minimum atomic E-state index is -0.0381. The topological polar surface area (TPSA) is 43.1 Å². The first-order valence-electron chi connectivity index (χ1n) is 6.11. The SMILES string of the molecule is CC(N)C(C)C(=O)C1=CCCCCCC1. The summed E-state index contributed by atoms with van der Waals surface area (Å²) in [7, 11) is 0. The van der Waals surface area contributed by atoms with Crippen LogP contribution in [0.2, 0.25) is 0 Å². The molecular formula is C13H23NO. The molecule has 15 heavy (non-hydrogen) atoms. The molecule has 1 rings (SSSR count). The molecule has 0 bridgehead atoms. The second-order valence-electron chi connectivity index (χ2n) is 4.69. The maximum Gasteiger partial charge on any atom is 0.162 e. The van der Waals surface area contributed by atoms with Gasteiger partial charge >= 0.3 is 0 Å². The van der Waals surface area contributed by atoms with Crippen LogP contribution in [0, 0.1) is 5.92 Å². The van der Waals surface area contributed by atoms with E-state index in [1.807, 2.05) is 13.8 Å². The van der Waals surface area contributed by atoms with E-state index in [1.54, 1.807) is 0 Å². The molecule has 0 saturated heterocycles. The van der Waals surface area contributed by atoms with Crippen LogP contribution >= 0.6 is 0 Å². The Balaban J connectivity index is 2.63. The second-order valence-corrected chi connectivity index (χ2v) is 4.69. The molecule has 2 heteroatoms. The first kappa shape index (κ1) is 12.4. The van der Waals surface area contributed by atoms with Crippen LogP contribution in [0.15, 0.2) is 11.6 Å². The summed E-state index contributed by atoms with van der Waals surface area (Å²) in [6.07, 6.45) is 9.10. The zero-order valence-electron chi connectivity index (χ0n) is 9.96. The molecule has 0 spiro atoms. The van der Waals surface area contributed by atoms with Gasteiger partial charge in [-0.2, -0.15) is 0 Å². The van der Waals surface area contributed by atoms with Crippen molar-refractivity contribution in [1.82, 2.24) is 0 Å². The summed E-state index contributed by atoms with van der Waals surface area (Å²) in [5, 5.41) is 0. The highest BCUT2D eigenvalue weighted by Crippen LogP contribution is 2.20. The number of carbonyl (C=O) groups is 1. The molecule has 2 atom stereocenters. The molecular weight excluding hydrogens is 186 g/mol. The van der Waals surface area contributed by atoms with Gasteiger partial charge in [0.15, 0.2) is 5.78 Å². The van der Waals surface area contributed by atoms with Gasteiger partial charge in [-0.05, 0) is 38.2 Å². The molecule has 86 valence electrons. The molecule has 0 heterocycles. The van der Waals surface area contributed by atoms with E-state index in [2.05, 4.69) is 6.08 Å². The first-order valence-corrected chi connectivity index (χ1v) is 6.11. The van der Waals surface area contributed by atoms with Gasteiger partial charge in [0.25, 0.3) is 0 Å². The predicted octanol–water partition coefficient (Wildman–Crippen LogP) is 2.82. The van der Waals surface area contributed by atoms with Crippen LogP contribution in [0.3, 0.4) is 0 Å². The number of nitrogens with two attached hydrogens (primary N) is 1. The first-order chi connectivity index (χ1) is 7.13. The fraction of sp³-hybridized carbons (Fsp3) is 0.769. The molecule has 2 nitrogen and oxygen atoms in total. The summed E-state index contributed by atoms with van der Waals surface area (Å²) in [4.78, 5) is 12.1. The number of Topliss-reactive ketones (excluding diaryl/α,β-unsaturated/α-hetero) is 1. The van der Waals surface area contributed by atoms with Crippen LogP contribution in [0.1, 0.15) is 52.4 Å². The lowest BCUT2D eigenvalue weighted by molar-refractivity contribution is -0.119. The van der Waals surface area contributed by atoms with Gasteiger partial charge in [-0.25, -0.2) is 0 Å². The van der Waals surface area contributed by atoms with E-state index in [9.17, 15) is 4.79 Å². The van der Waals surface area contributed by atoms with Crippen molar-refractivity contribution in [1.29, 1.82) is 0 Å². The maximum atomic E-state index is 12.1. The Morgan fingerprint density at radius 1 is 1.27 bits per heavy atom. The highest BCUT2D eigenvalue weighted by Gasteiger charge is 2.20. The van der Waals surface area contributed by atoms with Gasteiger partial charge in [0, 0.05) is 12.0 Å². The Hall–Kier alpha value is -0.630. The highest BCUT2D eigenvalue weighted by molar-refractivity contribution is 5.97. The van der Waals surface area contributed by atoms with Crippen molar-refractivity contribution >= 4 is 5.78 Å². The van der Waals surface area contributed by atoms with Crippen molar-refractivity contribution in [2.45, 2.75) is 58.4 Å². The van der Waals surface area contributed by atoms with Gasteiger partial charge in [0.2, 0.25) is 0 Å². The molecule has 0 amide bonds. The van der Waals surface area contributed by atoms with Gasteiger partial charge in [-0.3, -0.25) is 4.79 Å². The molecule has 0 fully saturated rings. The molecule has 1 aliphatic rings. The van der Waals surface area contributed by atoms with E-state index in [0.29, 0.717) is 0 Å². The maximum absolute atomic E-state index is 12.1. The minimum Gasteiger partial charge on any atom is -0.327 e. The molecule has 2 N–H and O–H groups in total. The van der Waals surface area contributed by atoms with Crippen LogP contribution in [-0.4, -0.2) is 11.8 Å². The van der Waals surface area contributed by atoms with Crippen molar-refractivity contribution < 1.29 is 4.79 Å². The van der Waals surface area contributed by atoms with Gasteiger partial charge < -0.3 is 5.73 Å². The van der Waals surface area contributed by atoms with Gasteiger partial charge in [-0.1, -0.05) is 25.8 Å². The normalized spacial score (nSPS) is 22.2. The summed E-state index contributed by atoms with van der Waals surface area (Å²) in [5.41, 5.74) is 6.79. The van der Waals surface area contributed by atoms with Gasteiger partial charge in [0.05, 0.1) is 0 Å². The molecule has 0 aliphatic heterocycles. The lowest BCUT2D eigenvalue weighted by atomic mass is 9.89. The van der Waals surface area contributed by atoms with E-state index in [0.717, 1.165) is 24.8 Å². The Morgan fingerprint density at radius 2 is 1.93 bits per heavy atom. The molecule has 0 saturated carbocycles. The van der Waals surface area contributed by atoms with E-state index in [4.69, 9.17) is 5.73 Å². The third-order valence-corrected chi connectivity index (χ3v) is 3.31. The van der Waals surface area contributed by atoms with Crippen LogP contribution < -0.4 is 5.73 Å². The van der Waals surface area contributed by atoms with Crippen LogP contribution in [0.25, 0.3) is 0 Å². The van der Waals surface area contributed by atoms with Crippen molar-refractivity contribution in [3.8, 4) is 0 Å². The Kier molecular flexibility index (Phi) is 5.03. The third-order valence-electron chi connectivity index (χ3n) is 3.31. The van der Waals surface area contributed by atoms with Crippen molar-refractivity contribution in [2.75, 3.05) is 0 Å². The number of rotatable bonds is 3. The Labute approximate surface area is 92.9 Å². The molecule has 1 aliphatic carbocycles. The number of carbonyl (C=O) groups excluding carboxylic acids is 1. The van der Waals surface area contributed by atoms with E-state index in [-0.39, 0.29) is 17.7 Å². The monoisotopic (exact) mass is 209 g/mol. The quantitative estimate of drug-likeness (QED) is 0.776. The number of hydrogen-bond donors (Lipinski definition) is 1. The van der Waals surface area contributed by atoms with Crippen molar-refractivity contribution in [3.63, 3.8) is 0 Å². The second kappa shape index (κ2) is 6.06. The summed E-state index contributed by atoms with van der Waals surface area (Å²) in [6.45, 7) is 3.85. The lowest BCUT2D eigenvalue weighted by Crippen LogP contribution is -2.31. The zero-order chi connectivity index (χ0) is 11.3. The van der Waals surface area contributed by atoms with Gasteiger partial charge in [0.1, 0.15) is 0 Å². The Bertz CT molecular complexity index is 243.